The van der Waals surface area contributed by atoms with Crippen LogP contribution in [0, 0.1) is 12.8 Å². The molecule has 1 fully saturated rings. The number of fused-ring (bicyclic) bond motifs is 1. The molecule has 1 aliphatic carbocycles. The highest BCUT2D eigenvalue weighted by Crippen LogP contribution is 2.32. The van der Waals surface area contributed by atoms with Crippen molar-refractivity contribution in [2.24, 2.45) is 5.92 Å². The van der Waals surface area contributed by atoms with Crippen molar-refractivity contribution in [3.63, 3.8) is 0 Å². The fourth-order valence-electron chi connectivity index (χ4n) is 2.94. The average Bonchev–Trinajstić information content (AvgIpc) is 3.37. The summed E-state index contributed by atoms with van der Waals surface area (Å²) < 4.78 is 0. The SMILES string of the molecule is Cc1[nH]ncc1-c1cc(C(=O)NOCCC2CC2)nc2ccccc12. The minimum Gasteiger partial charge on any atom is -0.282 e. The van der Waals surface area contributed by atoms with E-state index in [2.05, 4.69) is 20.7 Å². The molecule has 4 rings (SSSR count). The van der Waals surface area contributed by atoms with Crippen molar-refractivity contribution in [3.05, 3.63) is 47.9 Å². The van der Waals surface area contributed by atoms with Crippen LogP contribution < -0.4 is 5.48 Å². The van der Waals surface area contributed by atoms with Gasteiger partial charge in [0.1, 0.15) is 5.69 Å². The van der Waals surface area contributed by atoms with E-state index < -0.39 is 0 Å². The fourth-order valence-corrected chi connectivity index (χ4v) is 2.94. The molecule has 1 aromatic carbocycles. The Morgan fingerprint density at radius 3 is 2.92 bits per heavy atom. The summed E-state index contributed by atoms with van der Waals surface area (Å²) in [6, 6.07) is 9.56. The highest BCUT2D eigenvalue weighted by atomic mass is 16.6. The molecule has 1 aliphatic rings. The maximum atomic E-state index is 12.4. The molecule has 0 radical (unpaired) electrons. The van der Waals surface area contributed by atoms with Crippen molar-refractivity contribution in [1.29, 1.82) is 0 Å². The number of aromatic amines is 1. The van der Waals surface area contributed by atoms with Crippen molar-refractivity contribution >= 4 is 16.8 Å². The Hall–Kier alpha value is -2.73. The quantitative estimate of drug-likeness (QED) is 0.534. The van der Waals surface area contributed by atoms with Gasteiger partial charge in [0.15, 0.2) is 0 Å². The number of carbonyl (C=O) groups excluding carboxylic acids is 1. The first-order chi connectivity index (χ1) is 12.2. The number of pyridine rings is 1. The first kappa shape index (κ1) is 15.8. The summed E-state index contributed by atoms with van der Waals surface area (Å²) in [5, 5.41) is 8.02. The molecule has 6 nitrogen and oxygen atoms in total. The van der Waals surface area contributed by atoms with Gasteiger partial charge in [-0.25, -0.2) is 10.5 Å². The van der Waals surface area contributed by atoms with Crippen LogP contribution in [0.4, 0.5) is 0 Å². The normalized spacial score (nSPS) is 14.0. The zero-order valence-corrected chi connectivity index (χ0v) is 14.1. The van der Waals surface area contributed by atoms with Crippen LogP contribution in [0.25, 0.3) is 22.0 Å². The van der Waals surface area contributed by atoms with Gasteiger partial charge in [0.25, 0.3) is 5.91 Å². The zero-order valence-electron chi connectivity index (χ0n) is 14.1. The third-order valence-corrected chi connectivity index (χ3v) is 4.56. The second-order valence-electron chi connectivity index (χ2n) is 6.49. The van der Waals surface area contributed by atoms with Gasteiger partial charge < -0.3 is 0 Å². The lowest BCUT2D eigenvalue weighted by molar-refractivity contribution is 0.0286. The number of aromatic nitrogens is 3. The van der Waals surface area contributed by atoms with Gasteiger partial charge in [0.05, 0.1) is 18.3 Å². The minimum atomic E-state index is -0.330. The third-order valence-electron chi connectivity index (χ3n) is 4.56. The summed E-state index contributed by atoms with van der Waals surface area (Å²) in [6.07, 6.45) is 5.31. The monoisotopic (exact) mass is 336 g/mol. The van der Waals surface area contributed by atoms with Crippen LogP contribution in [0.15, 0.2) is 36.5 Å². The summed E-state index contributed by atoms with van der Waals surface area (Å²) in [5.74, 6) is 0.440. The number of amides is 1. The van der Waals surface area contributed by atoms with Gasteiger partial charge in [0, 0.05) is 16.6 Å². The molecule has 0 unspecified atom stereocenters. The third kappa shape index (κ3) is 3.39. The summed E-state index contributed by atoms with van der Waals surface area (Å²) in [4.78, 5) is 22.2. The molecule has 6 heteroatoms. The van der Waals surface area contributed by atoms with Gasteiger partial charge in [-0.1, -0.05) is 31.0 Å². The Morgan fingerprint density at radius 2 is 2.16 bits per heavy atom. The largest absolute Gasteiger partial charge is 0.293 e. The maximum absolute atomic E-state index is 12.4. The molecule has 2 aromatic heterocycles. The van der Waals surface area contributed by atoms with Gasteiger partial charge in [-0.05, 0) is 37.0 Å². The van der Waals surface area contributed by atoms with Gasteiger partial charge in [-0.2, -0.15) is 5.10 Å². The van der Waals surface area contributed by atoms with Crippen molar-refractivity contribution in [1.82, 2.24) is 20.7 Å². The molecule has 1 amide bonds. The van der Waals surface area contributed by atoms with E-state index in [1.807, 2.05) is 31.2 Å². The number of H-pyrrole nitrogens is 1. The number of carbonyl (C=O) groups is 1. The van der Waals surface area contributed by atoms with Crippen molar-refractivity contribution < 1.29 is 9.63 Å². The van der Waals surface area contributed by atoms with Crippen LogP contribution in [0.2, 0.25) is 0 Å². The second kappa shape index (κ2) is 6.64. The van der Waals surface area contributed by atoms with Crippen LogP contribution in [-0.4, -0.2) is 27.7 Å². The molecular weight excluding hydrogens is 316 g/mol. The Kier molecular flexibility index (Phi) is 4.19. The van der Waals surface area contributed by atoms with Crippen LogP contribution in [0.5, 0.6) is 0 Å². The van der Waals surface area contributed by atoms with E-state index in [0.29, 0.717) is 12.3 Å². The van der Waals surface area contributed by atoms with E-state index in [1.54, 1.807) is 12.3 Å². The minimum absolute atomic E-state index is 0.330. The Balaban J connectivity index is 1.62. The van der Waals surface area contributed by atoms with Crippen molar-refractivity contribution in [2.75, 3.05) is 6.61 Å². The molecular formula is C19H20N4O2. The topological polar surface area (TPSA) is 79.9 Å². The maximum Gasteiger partial charge on any atom is 0.293 e. The van der Waals surface area contributed by atoms with Crippen LogP contribution in [0.1, 0.15) is 35.4 Å². The Bertz CT molecular complexity index is 915. The molecule has 25 heavy (non-hydrogen) atoms. The number of hydrogen-bond donors (Lipinski definition) is 2. The highest BCUT2D eigenvalue weighted by molar-refractivity contribution is 6.01. The number of hydrogen-bond acceptors (Lipinski definition) is 4. The lowest BCUT2D eigenvalue weighted by Crippen LogP contribution is -2.25. The van der Waals surface area contributed by atoms with Crippen LogP contribution in [-0.2, 0) is 4.84 Å². The number of benzene rings is 1. The van der Waals surface area contributed by atoms with E-state index in [9.17, 15) is 4.79 Å². The van der Waals surface area contributed by atoms with Crippen LogP contribution >= 0.6 is 0 Å². The number of nitrogens with one attached hydrogen (secondary N) is 2. The van der Waals surface area contributed by atoms with Gasteiger partial charge in [-0.3, -0.25) is 14.7 Å². The standard InChI is InChI=1S/C19H20N4O2/c1-12-16(11-20-22-12)15-10-18(21-17-5-3-2-4-14(15)17)19(24)23-25-9-8-13-6-7-13/h2-5,10-11,13H,6-9H2,1H3,(H,20,22)(H,23,24). The molecule has 0 atom stereocenters. The molecule has 0 spiro atoms. The molecule has 0 bridgehead atoms. The second-order valence-corrected chi connectivity index (χ2v) is 6.49. The number of nitrogens with zero attached hydrogens (tertiary/aromatic N) is 2. The molecule has 1 saturated carbocycles. The number of hydroxylamine groups is 1. The van der Waals surface area contributed by atoms with Crippen molar-refractivity contribution in [3.8, 4) is 11.1 Å². The predicted molar refractivity (Wildman–Crippen MR) is 94.8 cm³/mol. The molecule has 2 N–H and O–H groups in total. The number of rotatable bonds is 6. The molecule has 128 valence electrons. The van der Waals surface area contributed by atoms with Gasteiger partial charge in [-0.15, -0.1) is 0 Å². The first-order valence-corrected chi connectivity index (χ1v) is 8.54. The lowest BCUT2D eigenvalue weighted by Gasteiger charge is -2.10. The molecule has 2 heterocycles. The summed E-state index contributed by atoms with van der Waals surface area (Å²) in [6.45, 7) is 2.50. The van der Waals surface area contributed by atoms with Crippen molar-refractivity contribution in [2.45, 2.75) is 26.2 Å². The molecule has 0 saturated heterocycles. The van der Waals surface area contributed by atoms with E-state index in [0.717, 1.165) is 40.1 Å². The average molecular weight is 336 g/mol. The lowest BCUT2D eigenvalue weighted by atomic mass is 10.0. The number of para-hydroxylation sites is 1. The van der Waals surface area contributed by atoms with Gasteiger partial charge in [0.2, 0.25) is 0 Å². The fraction of sp³-hybridized carbons (Fsp3) is 0.316. The van der Waals surface area contributed by atoms with Gasteiger partial charge >= 0.3 is 0 Å². The first-order valence-electron chi connectivity index (χ1n) is 8.54. The predicted octanol–water partition coefficient (Wildman–Crippen LogP) is 3.39. The Morgan fingerprint density at radius 1 is 1.32 bits per heavy atom. The number of aryl methyl sites for hydroxylation is 1. The highest BCUT2D eigenvalue weighted by Gasteiger charge is 2.21. The summed E-state index contributed by atoms with van der Waals surface area (Å²) >= 11 is 0. The molecule has 0 aliphatic heterocycles. The zero-order chi connectivity index (χ0) is 17.2. The molecule has 3 aromatic rings. The van der Waals surface area contributed by atoms with E-state index in [4.69, 9.17) is 4.84 Å². The summed E-state index contributed by atoms with van der Waals surface area (Å²) in [5.41, 5.74) is 6.45. The van der Waals surface area contributed by atoms with E-state index in [-0.39, 0.29) is 5.91 Å². The van der Waals surface area contributed by atoms with Crippen LogP contribution in [0.3, 0.4) is 0 Å². The summed E-state index contributed by atoms with van der Waals surface area (Å²) in [7, 11) is 0. The van der Waals surface area contributed by atoms with E-state index >= 15 is 0 Å². The Labute approximate surface area is 145 Å². The smallest absolute Gasteiger partial charge is 0.282 e. The van der Waals surface area contributed by atoms with E-state index in [1.165, 1.54) is 12.8 Å².